The second-order valence-electron chi connectivity index (χ2n) is 12.1. The van der Waals surface area contributed by atoms with Gasteiger partial charge in [0.1, 0.15) is 8.07 Å². The summed E-state index contributed by atoms with van der Waals surface area (Å²) in [7, 11) is -1.98. The van der Waals surface area contributed by atoms with Crippen LogP contribution >= 0.6 is 0 Å². The first-order valence-electron chi connectivity index (χ1n) is 15.4. The Balaban J connectivity index is 1.32. The molecule has 8 rings (SSSR count). The van der Waals surface area contributed by atoms with E-state index in [4.69, 9.17) is 15.0 Å². The predicted molar refractivity (Wildman–Crippen MR) is 189 cm³/mol. The van der Waals surface area contributed by atoms with E-state index in [1.807, 2.05) is 24.3 Å². The average molecular weight is 594 g/mol. The van der Waals surface area contributed by atoms with Gasteiger partial charge in [0.15, 0.2) is 17.5 Å². The molecular weight excluding hydrogens is 563 g/mol. The minimum atomic E-state index is -1.98. The van der Waals surface area contributed by atoms with Crippen LogP contribution in [0.5, 0.6) is 0 Å². The van der Waals surface area contributed by atoms with E-state index in [1.165, 1.54) is 32.6 Å². The highest BCUT2D eigenvalue weighted by Crippen LogP contribution is 2.38. The molecule has 3 nitrogen and oxygen atoms in total. The van der Waals surface area contributed by atoms with Gasteiger partial charge in [0.2, 0.25) is 0 Å². The first-order valence-corrected chi connectivity index (χ1v) is 18.4. The van der Waals surface area contributed by atoms with Crippen LogP contribution in [0.15, 0.2) is 152 Å². The van der Waals surface area contributed by atoms with Crippen LogP contribution in [0, 0.1) is 0 Å². The van der Waals surface area contributed by atoms with Crippen LogP contribution in [-0.2, 0) is 0 Å². The molecule has 0 spiro atoms. The van der Waals surface area contributed by atoms with Gasteiger partial charge in [-0.15, -0.1) is 0 Å². The van der Waals surface area contributed by atoms with Gasteiger partial charge in [0, 0.05) is 16.7 Å². The summed E-state index contributed by atoms with van der Waals surface area (Å²) in [6, 6.07) is 53.5. The maximum atomic E-state index is 5.19. The number of benzene rings is 6. The number of fused-ring (bicyclic) bond motifs is 3. The lowest BCUT2D eigenvalue weighted by molar-refractivity contribution is 1.07. The predicted octanol–water partition coefficient (Wildman–Crippen LogP) is 9.01. The van der Waals surface area contributed by atoms with Crippen molar-refractivity contribution in [3.63, 3.8) is 0 Å². The van der Waals surface area contributed by atoms with Crippen molar-refractivity contribution >= 4 is 18.4 Å². The Labute approximate surface area is 265 Å². The van der Waals surface area contributed by atoms with Crippen molar-refractivity contribution in [2.24, 2.45) is 0 Å². The standard InChI is InChI=1S/C41H31N3Si/c1-45(2)36-23-13-22-35(38(36)34-25-24-32(27-37(34)45)29-16-8-4-9-17-29)41-43-39(30-18-10-5-11-19-30)42-40(44-41)33-21-12-20-31(26-33)28-14-6-3-7-15-28/h3-27H,1-2H3. The van der Waals surface area contributed by atoms with E-state index in [-0.39, 0.29) is 0 Å². The molecule has 0 saturated heterocycles. The quantitative estimate of drug-likeness (QED) is 0.187. The molecule has 0 amide bonds. The molecule has 0 saturated carbocycles. The Morgan fingerprint density at radius 2 is 0.867 bits per heavy atom. The molecular formula is C41H31N3Si. The molecule has 45 heavy (non-hydrogen) atoms. The van der Waals surface area contributed by atoms with Crippen LogP contribution in [0.4, 0.5) is 0 Å². The Hall–Kier alpha value is -5.45. The summed E-state index contributed by atoms with van der Waals surface area (Å²) in [6.07, 6.45) is 0. The van der Waals surface area contributed by atoms with Crippen molar-refractivity contribution in [3.05, 3.63) is 152 Å². The average Bonchev–Trinajstić information content (AvgIpc) is 3.35. The van der Waals surface area contributed by atoms with Crippen molar-refractivity contribution in [1.82, 2.24) is 15.0 Å². The highest BCUT2D eigenvalue weighted by Gasteiger charge is 2.39. The summed E-state index contributed by atoms with van der Waals surface area (Å²) in [6.45, 7) is 4.92. The lowest BCUT2D eigenvalue weighted by Gasteiger charge is -2.19. The van der Waals surface area contributed by atoms with Gasteiger partial charge < -0.3 is 0 Å². The van der Waals surface area contributed by atoms with Gasteiger partial charge in [-0.1, -0.05) is 159 Å². The van der Waals surface area contributed by atoms with Crippen molar-refractivity contribution in [1.29, 1.82) is 0 Å². The summed E-state index contributed by atoms with van der Waals surface area (Å²) in [5.41, 5.74) is 10.3. The van der Waals surface area contributed by atoms with E-state index in [0.29, 0.717) is 17.5 Å². The van der Waals surface area contributed by atoms with E-state index < -0.39 is 8.07 Å². The van der Waals surface area contributed by atoms with Crippen LogP contribution < -0.4 is 10.4 Å². The Morgan fingerprint density at radius 1 is 0.356 bits per heavy atom. The number of nitrogens with zero attached hydrogens (tertiary/aromatic N) is 3. The molecule has 0 aliphatic carbocycles. The smallest absolute Gasteiger partial charge is 0.164 e. The summed E-state index contributed by atoms with van der Waals surface area (Å²) in [5.74, 6) is 2.04. The number of hydrogen-bond donors (Lipinski definition) is 0. The van der Waals surface area contributed by atoms with Gasteiger partial charge in [-0.25, -0.2) is 15.0 Å². The molecule has 2 heterocycles. The maximum Gasteiger partial charge on any atom is 0.164 e. The molecule has 0 N–H and O–H groups in total. The van der Waals surface area contributed by atoms with Crippen LogP contribution in [-0.4, -0.2) is 23.0 Å². The van der Waals surface area contributed by atoms with Gasteiger partial charge in [-0.2, -0.15) is 0 Å². The molecule has 0 atom stereocenters. The van der Waals surface area contributed by atoms with E-state index in [9.17, 15) is 0 Å². The fraction of sp³-hybridized carbons (Fsp3) is 0.0488. The SMILES string of the molecule is C[Si]1(C)c2cc(-c3ccccc3)ccc2-c2c(-c3nc(-c4ccccc4)nc(-c4cccc(-c5ccccc5)c4)n3)cccc21. The van der Waals surface area contributed by atoms with Crippen molar-refractivity contribution < 1.29 is 0 Å². The first-order chi connectivity index (χ1) is 22.1. The van der Waals surface area contributed by atoms with Gasteiger partial charge >= 0.3 is 0 Å². The van der Waals surface area contributed by atoms with E-state index in [2.05, 4.69) is 140 Å². The fourth-order valence-electron chi connectivity index (χ4n) is 6.59. The molecule has 0 bridgehead atoms. The summed E-state index contributed by atoms with van der Waals surface area (Å²) < 4.78 is 0. The summed E-state index contributed by atoms with van der Waals surface area (Å²) in [4.78, 5) is 15.4. The summed E-state index contributed by atoms with van der Waals surface area (Å²) in [5, 5.41) is 2.88. The lowest BCUT2D eigenvalue weighted by atomic mass is 9.96. The molecule has 1 aliphatic rings. The molecule has 7 aromatic rings. The van der Waals surface area contributed by atoms with Crippen molar-refractivity contribution in [3.8, 4) is 67.5 Å². The van der Waals surface area contributed by atoms with Crippen LogP contribution in [0.3, 0.4) is 0 Å². The van der Waals surface area contributed by atoms with Gasteiger partial charge in [0.05, 0.1) is 0 Å². The fourth-order valence-corrected chi connectivity index (χ4v) is 9.69. The van der Waals surface area contributed by atoms with E-state index in [1.54, 1.807) is 0 Å². The van der Waals surface area contributed by atoms with Gasteiger partial charge in [-0.05, 0) is 49.8 Å². The molecule has 6 aromatic carbocycles. The second-order valence-corrected chi connectivity index (χ2v) is 16.4. The molecule has 1 aromatic heterocycles. The zero-order valence-corrected chi connectivity index (χ0v) is 26.3. The number of hydrogen-bond acceptors (Lipinski definition) is 3. The van der Waals surface area contributed by atoms with Crippen LogP contribution in [0.1, 0.15) is 0 Å². The van der Waals surface area contributed by atoms with Crippen molar-refractivity contribution in [2.75, 3.05) is 0 Å². The van der Waals surface area contributed by atoms with Crippen LogP contribution in [0.2, 0.25) is 13.1 Å². The zero-order chi connectivity index (χ0) is 30.4. The third-order valence-corrected chi connectivity index (χ3v) is 12.5. The molecule has 0 unspecified atom stereocenters. The monoisotopic (exact) mass is 593 g/mol. The number of rotatable bonds is 5. The lowest BCUT2D eigenvalue weighted by Crippen LogP contribution is -2.49. The molecule has 214 valence electrons. The second kappa shape index (κ2) is 10.9. The highest BCUT2D eigenvalue weighted by molar-refractivity contribution is 7.04. The third-order valence-electron chi connectivity index (χ3n) is 8.94. The highest BCUT2D eigenvalue weighted by atomic mass is 28.3. The van der Waals surface area contributed by atoms with Gasteiger partial charge in [-0.3, -0.25) is 0 Å². The molecule has 1 aliphatic heterocycles. The van der Waals surface area contributed by atoms with Crippen molar-refractivity contribution in [2.45, 2.75) is 13.1 Å². The Kier molecular flexibility index (Phi) is 6.58. The zero-order valence-electron chi connectivity index (χ0n) is 25.3. The molecule has 0 fully saturated rings. The topological polar surface area (TPSA) is 38.7 Å². The minimum Gasteiger partial charge on any atom is -0.208 e. The largest absolute Gasteiger partial charge is 0.208 e. The maximum absolute atomic E-state index is 5.19. The third kappa shape index (κ3) is 4.80. The molecule has 4 heteroatoms. The van der Waals surface area contributed by atoms with Gasteiger partial charge in [0.25, 0.3) is 0 Å². The van der Waals surface area contributed by atoms with Crippen LogP contribution in [0.25, 0.3) is 67.5 Å². The van der Waals surface area contributed by atoms with E-state index in [0.717, 1.165) is 27.8 Å². The summed E-state index contributed by atoms with van der Waals surface area (Å²) >= 11 is 0. The minimum absolute atomic E-state index is 0.670. The molecule has 0 radical (unpaired) electrons. The first kappa shape index (κ1) is 27.1. The van der Waals surface area contributed by atoms with E-state index >= 15 is 0 Å². The normalized spacial score (nSPS) is 12.8. The number of aromatic nitrogens is 3. The Bertz CT molecular complexity index is 2180. The Morgan fingerprint density at radius 3 is 1.53 bits per heavy atom.